The molecule has 0 aliphatic carbocycles. The molecule has 0 radical (unpaired) electrons. The number of carbonyl (C=O) groups excluding carboxylic acids is 2. The van der Waals surface area contributed by atoms with Crippen molar-refractivity contribution in [2.45, 2.75) is 257 Å². The summed E-state index contributed by atoms with van der Waals surface area (Å²) in [5.74, 6) is -2.05. The van der Waals surface area contributed by atoms with Crippen LogP contribution in [0.15, 0.2) is 194 Å². The Morgan fingerprint density at radius 3 is 0.879 bits per heavy atom. The van der Waals surface area contributed by atoms with Gasteiger partial charge in [0, 0.05) is 12.8 Å². The Hall–Kier alpha value is -5.87. The predicted octanol–water partition coefficient (Wildman–Crippen LogP) is 22.6. The number of unbranched alkanes of at least 4 members (excludes halogenated alkanes) is 16. The van der Waals surface area contributed by atoms with Crippen molar-refractivity contribution < 1.29 is 42.9 Å². The fourth-order valence-corrected chi connectivity index (χ4v) is 8.99. The number of quaternary nitrogens is 1. The minimum atomic E-state index is -1.53. The number of likely N-dealkylation sites (N-methyl/N-ethyl adjacent to an activating group) is 1. The van der Waals surface area contributed by atoms with Gasteiger partial charge in [0.15, 0.2) is 6.10 Å². The Balaban J connectivity index is 4.24. The molecule has 1 N–H and O–H groups in total. The first-order chi connectivity index (χ1) is 44.6. The monoisotopic (exact) mass is 1260 g/mol. The molecule has 0 rings (SSSR count). The molecule has 0 heterocycles. The van der Waals surface area contributed by atoms with Gasteiger partial charge in [0.1, 0.15) is 13.2 Å². The van der Waals surface area contributed by atoms with Crippen LogP contribution in [0, 0.1) is 0 Å². The number of carboxylic acid groups (broad SMARTS) is 1. The second-order valence-corrected chi connectivity index (χ2v) is 24.1. The number of nitrogens with zero attached hydrogens (tertiary/aromatic N) is 1. The van der Waals surface area contributed by atoms with Crippen molar-refractivity contribution in [3.05, 3.63) is 194 Å². The van der Waals surface area contributed by atoms with Gasteiger partial charge in [-0.25, -0.2) is 4.79 Å². The highest BCUT2D eigenvalue weighted by Gasteiger charge is 2.25. The molecule has 0 bridgehead atoms. The molecule has 0 aromatic heterocycles. The lowest BCUT2D eigenvalue weighted by molar-refractivity contribution is -0.870. The number of carbonyl (C=O) groups is 3. The maximum absolute atomic E-state index is 13.0. The van der Waals surface area contributed by atoms with Crippen molar-refractivity contribution in [3.8, 4) is 0 Å². The number of hydrogen-bond donors (Lipinski definition) is 1. The van der Waals surface area contributed by atoms with Crippen LogP contribution in [0.25, 0.3) is 0 Å². The van der Waals surface area contributed by atoms with Crippen molar-refractivity contribution in [2.75, 3.05) is 47.5 Å². The van der Waals surface area contributed by atoms with E-state index < -0.39 is 24.3 Å². The number of rotatable bonds is 63. The molecule has 0 aromatic carbocycles. The minimum absolute atomic E-state index is 0.173. The number of carboxylic acids is 1. The van der Waals surface area contributed by atoms with Gasteiger partial charge >= 0.3 is 17.9 Å². The van der Waals surface area contributed by atoms with Crippen molar-refractivity contribution in [1.29, 1.82) is 0 Å². The summed E-state index contributed by atoms with van der Waals surface area (Å²) in [6.07, 6.45) is 105. The van der Waals surface area contributed by atoms with Gasteiger partial charge in [0.05, 0.1) is 34.4 Å². The van der Waals surface area contributed by atoms with Crippen LogP contribution in [0.2, 0.25) is 0 Å². The Bertz CT molecular complexity index is 2200. The van der Waals surface area contributed by atoms with Gasteiger partial charge < -0.3 is 28.5 Å². The lowest BCUT2D eigenvalue weighted by atomic mass is 10.0. The highest BCUT2D eigenvalue weighted by atomic mass is 16.7. The third-order valence-electron chi connectivity index (χ3n) is 14.3. The molecule has 2 atom stereocenters. The van der Waals surface area contributed by atoms with Gasteiger partial charge in [-0.1, -0.05) is 285 Å². The molecule has 0 saturated carbocycles. The van der Waals surface area contributed by atoms with E-state index in [4.69, 9.17) is 18.9 Å². The van der Waals surface area contributed by atoms with E-state index in [0.717, 1.165) is 173 Å². The highest BCUT2D eigenvalue weighted by Crippen LogP contribution is 2.15. The molecular formula is C82H130NO8+. The van der Waals surface area contributed by atoms with Crippen LogP contribution >= 0.6 is 0 Å². The quantitative estimate of drug-likeness (QED) is 0.0211. The molecule has 0 aromatic rings. The second-order valence-electron chi connectivity index (χ2n) is 24.1. The van der Waals surface area contributed by atoms with Gasteiger partial charge in [0.25, 0.3) is 6.29 Å². The lowest BCUT2D eigenvalue weighted by Gasteiger charge is -2.25. The smallest absolute Gasteiger partial charge is 0.361 e. The zero-order chi connectivity index (χ0) is 66.1. The van der Waals surface area contributed by atoms with Gasteiger partial charge in [-0.05, 0) is 141 Å². The number of ether oxygens (including phenoxy) is 4. The fourth-order valence-electron chi connectivity index (χ4n) is 8.99. The molecular weight excluding hydrogens is 1130 g/mol. The van der Waals surface area contributed by atoms with Crippen molar-refractivity contribution in [2.24, 2.45) is 0 Å². The second kappa shape index (κ2) is 70.0. The van der Waals surface area contributed by atoms with E-state index in [1.54, 1.807) is 0 Å². The molecule has 0 aliphatic heterocycles. The minimum Gasteiger partial charge on any atom is -0.477 e. The molecule has 91 heavy (non-hydrogen) atoms. The van der Waals surface area contributed by atoms with Crippen molar-refractivity contribution in [1.82, 2.24) is 0 Å². The van der Waals surface area contributed by atoms with E-state index in [1.807, 2.05) is 21.1 Å². The average molecular weight is 1260 g/mol. The summed E-state index contributed by atoms with van der Waals surface area (Å²) in [6.45, 7) is 4.60. The largest absolute Gasteiger partial charge is 0.477 e. The molecule has 0 spiro atoms. The molecule has 2 unspecified atom stereocenters. The van der Waals surface area contributed by atoms with Crippen LogP contribution < -0.4 is 0 Å². The summed E-state index contributed by atoms with van der Waals surface area (Å²) in [5.41, 5.74) is 0. The van der Waals surface area contributed by atoms with E-state index in [1.165, 1.54) is 38.5 Å². The van der Waals surface area contributed by atoms with Crippen molar-refractivity contribution >= 4 is 17.9 Å². The maximum Gasteiger partial charge on any atom is 0.361 e. The van der Waals surface area contributed by atoms with Gasteiger partial charge in [-0.15, -0.1) is 0 Å². The number of aliphatic carboxylic acids is 1. The van der Waals surface area contributed by atoms with E-state index in [2.05, 4.69) is 208 Å². The molecule has 510 valence electrons. The Morgan fingerprint density at radius 2 is 0.593 bits per heavy atom. The number of allylic oxidation sites excluding steroid dienone is 32. The molecule has 0 fully saturated rings. The first kappa shape index (κ1) is 85.1. The highest BCUT2D eigenvalue weighted by molar-refractivity contribution is 5.71. The van der Waals surface area contributed by atoms with Gasteiger partial charge in [-0.2, -0.15) is 0 Å². The van der Waals surface area contributed by atoms with Crippen LogP contribution in [0.3, 0.4) is 0 Å². The van der Waals surface area contributed by atoms with Crippen molar-refractivity contribution in [3.63, 3.8) is 0 Å². The molecule has 9 heteroatoms. The van der Waals surface area contributed by atoms with E-state index >= 15 is 0 Å². The summed E-state index contributed by atoms with van der Waals surface area (Å²) in [7, 11) is 5.96. The molecule has 0 amide bonds. The zero-order valence-corrected chi connectivity index (χ0v) is 58.2. The standard InChI is InChI=1S/C82H129NO8/c1-6-8-10-12-14-16-18-20-22-24-26-28-30-32-34-36-38-39-40-41-43-45-47-49-51-53-55-57-59-61-63-65-67-69-71-73-80(85)91-78(77-90-82(81(86)87)88-75-74-83(3,4)5)76-89-79(84)72-70-68-66-64-62-60-58-56-54-52-50-48-46-44-42-37-35-33-31-29-27-25-23-21-19-17-15-13-11-9-7-2/h8-11,14-17,20-23,26-29,32-35,38-39,41-44,47-50,54,56,78,82H,6-7,12-13,18-19,24-25,30-31,36-37,40,45-46,51-53,55,57-77H2,1-5H3/p+1/b10-8-,11-9-,16-14-,17-15-,22-20-,23-21-,28-26-,29-27-,34-32-,35-33-,39-38-,43-41-,44-42-,49-47-,50-48-,56-54-. The fraction of sp³-hybridized carbons (Fsp3) is 0.573. The van der Waals surface area contributed by atoms with Crippen LogP contribution in [0.1, 0.15) is 245 Å². The molecule has 0 aliphatic rings. The van der Waals surface area contributed by atoms with Crippen LogP contribution in [0.5, 0.6) is 0 Å². The first-order valence-electron chi connectivity index (χ1n) is 35.6. The normalized spacial score (nSPS) is 13.9. The lowest BCUT2D eigenvalue weighted by Crippen LogP contribution is -2.40. The summed E-state index contributed by atoms with van der Waals surface area (Å²) in [4.78, 5) is 37.7. The summed E-state index contributed by atoms with van der Waals surface area (Å²) in [5, 5.41) is 9.75. The van der Waals surface area contributed by atoms with Gasteiger partial charge in [-0.3, -0.25) is 9.59 Å². The van der Waals surface area contributed by atoms with E-state index in [-0.39, 0.29) is 38.6 Å². The van der Waals surface area contributed by atoms with E-state index in [0.29, 0.717) is 17.4 Å². The molecule has 0 saturated heterocycles. The third-order valence-corrected chi connectivity index (χ3v) is 14.3. The third kappa shape index (κ3) is 71.4. The number of esters is 2. The SMILES string of the molecule is CC/C=C\C/C=C\C/C=C\C/C=C\C/C=C\C/C=C\C/C=C\C/C=C\CCCCCCCCCCCCC(=O)OC(COC(=O)CCCCCCCC/C=C\C/C=C\C/C=C\C/C=C\C/C=C\C/C=C\C/C=C\C/C=C\CC)COC(OCC[N+](C)(C)C)C(=O)O. The summed E-state index contributed by atoms with van der Waals surface area (Å²) >= 11 is 0. The average Bonchev–Trinajstić information content (AvgIpc) is 3.46. The van der Waals surface area contributed by atoms with Crippen LogP contribution in [-0.4, -0.2) is 87.4 Å². The Labute approximate surface area is 557 Å². The zero-order valence-electron chi connectivity index (χ0n) is 58.2. The summed E-state index contributed by atoms with van der Waals surface area (Å²) < 4.78 is 23.0. The maximum atomic E-state index is 13.0. The van der Waals surface area contributed by atoms with Gasteiger partial charge in [0.2, 0.25) is 0 Å². The summed E-state index contributed by atoms with van der Waals surface area (Å²) in [6, 6.07) is 0. The topological polar surface area (TPSA) is 108 Å². The number of hydrogen-bond acceptors (Lipinski definition) is 7. The first-order valence-corrected chi connectivity index (χ1v) is 35.6. The Kier molecular flexibility index (Phi) is 65.5. The Morgan fingerprint density at radius 1 is 0.330 bits per heavy atom. The van der Waals surface area contributed by atoms with Crippen LogP contribution in [0.4, 0.5) is 0 Å². The van der Waals surface area contributed by atoms with E-state index in [9.17, 15) is 19.5 Å². The molecule has 9 nitrogen and oxygen atoms in total. The predicted molar refractivity (Wildman–Crippen MR) is 391 cm³/mol. The van der Waals surface area contributed by atoms with Crippen LogP contribution in [-0.2, 0) is 33.3 Å².